The lowest BCUT2D eigenvalue weighted by atomic mass is 9.83. The fraction of sp³-hybridized carbons (Fsp3) is 0.833. The number of aliphatic hydroxyl groups is 1. The SMILES string of the molecule is CC(C)c1cc(N2CCN(CC[C@H]3CC[C@@H](NC(=O)[C@H]4CC[C@H](O)CC4)CC3)CC2)nc(C(C)(C)C)n1. The van der Waals surface area contributed by atoms with Crippen molar-refractivity contribution < 1.29 is 9.90 Å². The molecule has 0 radical (unpaired) electrons. The molecule has 1 saturated heterocycles. The van der Waals surface area contributed by atoms with E-state index in [4.69, 9.17) is 9.97 Å². The van der Waals surface area contributed by atoms with Crippen LogP contribution in [0.2, 0.25) is 0 Å². The van der Waals surface area contributed by atoms with E-state index in [9.17, 15) is 9.90 Å². The molecule has 7 heteroatoms. The van der Waals surface area contributed by atoms with Gasteiger partial charge in [0.2, 0.25) is 5.91 Å². The Bertz CT molecular complexity index is 874. The summed E-state index contributed by atoms with van der Waals surface area (Å²) >= 11 is 0. The molecule has 208 valence electrons. The molecule has 1 aliphatic heterocycles. The van der Waals surface area contributed by atoms with Gasteiger partial charge in [0, 0.05) is 55.3 Å². The largest absolute Gasteiger partial charge is 0.393 e. The first-order valence-corrected chi connectivity index (χ1v) is 14.9. The zero-order chi connectivity index (χ0) is 26.6. The molecule has 2 aliphatic carbocycles. The molecule has 1 aromatic rings. The number of amides is 1. The molecule has 0 spiro atoms. The number of piperazine rings is 1. The third-order valence-electron chi connectivity index (χ3n) is 8.81. The van der Waals surface area contributed by atoms with E-state index in [-0.39, 0.29) is 23.3 Å². The number of aromatic nitrogens is 2. The van der Waals surface area contributed by atoms with Crippen molar-refractivity contribution >= 4 is 11.7 Å². The number of nitrogens with zero attached hydrogens (tertiary/aromatic N) is 4. The number of hydrogen-bond acceptors (Lipinski definition) is 6. The molecule has 2 heterocycles. The van der Waals surface area contributed by atoms with Gasteiger partial charge in [-0.15, -0.1) is 0 Å². The molecule has 3 aliphatic rings. The number of carbonyl (C=O) groups excluding carboxylic acids is 1. The van der Waals surface area contributed by atoms with Crippen LogP contribution in [0.1, 0.15) is 110 Å². The lowest BCUT2D eigenvalue weighted by Gasteiger charge is -2.37. The predicted molar refractivity (Wildman–Crippen MR) is 150 cm³/mol. The summed E-state index contributed by atoms with van der Waals surface area (Å²) in [6, 6.07) is 2.55. The summed E-state index contributed by atoms with van der Waals surface area (Å²) in [6.07, 6.45) is 8.96. The van der Waals surface area contributed by atoms with Gasteiger partial charge in [-0.3, -0.25) is 9.69 Å². The van der Waals surface area contributed by atoms with Crippen LogP contribution < -0.4 is 10.2 Å². The van der Waals surface area contributed by atoms with Gasteiger partial charge in [-0.2, -0.15) is 0 Å². The molecule has 1 amide bonds. The topological polar surface area (TPSA) is 81.6 Å². The smallest absolute Gasteiger partial charge is 0.223 e. The minimum Gasteiger partial charge on any atom is -0.393 e. The molecule has 0 unspecified atom stereocenters. The number of carbonyl (C=O) groups is 1. The van der Waals surface area contributed by atoms with Gasteiger partial charge in [0.25, 0.3) is 0 Å². The Labute approximate surface area is 224 Å². The lowest BCUT2D eigenvalue weighted by molar-refractivity contribution is -0.127. The average molecular weight is 514 g/mol. The number of nitrogens with one attached hydrogen (secondary N) is 1. The quantitative estimate of drug-likeness (QED) is 0.553. The first-order valence-electron chi connectivity index (χ1n) is 14.9. The zero-order valence-electron chi connectivity index (χ0n) is 24.0. The molecule has 1 aromatic heterocycles. The van der Waals surface area contributed by atoms with Crippen molar-refractivity contribution in [2.75, 3.05) is 37.6 Å². The van der Waals surface area contributed by atoms with Crippen LogP contribution in [-0.2, 0) is 10.2 Å². The van der Waals surface area contributed by atoms with E-state index in [0.717, 1.165) is 88.0 Å². The van der Waals surface area contributed by atoms with Crippen LogP contribution >= 0.6 is 0 Å². The first kappa shape index (κ1) is 28.3. The second-order valence-corrected chi connectivity index (χ2v) is 13.2. The maximum atomic E-state index is 12.6. The van der Waals surface area contributed by atoms with Gasteiger partial charge in [-0.25, -0.2) is 9.97 Å². The third-order valence-corrected chi connectivity index (χ3v) is 8.81. The van der Waals surface area contributed by atoms with Crippen LogP contribution in [0.5, 0.6) is 0 Å². The Balaban J connectivity index is 1.18. The maximum Gasteiger partial charge on any atom is 0.223 e. The highest BCUT2D eigenvalue weighted by molar-refractivity contribution is 5.79. The van der Waals surface area contributed by atoms with Gasteiger partial charge in [0.15, 0.2) is 0 Å². The fourth-order valence-corrected chi connectivity index (χ4v) is 6.06. The highest BCUT2D eigenvalue weighted by atomic mass is 16.3. The maximum absolute atomic E-state index is 12.6. The van der Waals surface area contributed by atoms with Gasteiger partial charge in [0.1, 0.15) is 11.6 Å². The van der Waals surface area contributed by atoms with Gasteiger partial charge in [-0.05, 0) is 76.2 Å². The van der Waals surface area contributed by atoms with Crippen LogP contribution in [-0.4, -0.2) is 70.8 Å². The van der Waals surface area contributed by atoms with E-state index in [0.29, 0.717) is 12.0 Å². The Kier molecular flexibility index (Phi) is 9.49. The van der Waals surface area contributed by atoms with E-state index in [1.807, 2.05) is 0 Å². The van der Waals surface area contributed by atoms with Gasteiger partial charge in [-0.1, -0.05) is 34.6 Å². The Hall–Kier alpha value is -1.73. The van der Waals surface area contributed by atoms with Crippen molar-refractivity contribution in [2.24, 2.45) is 11.8 Å². The van der Waals surface area contributed by atoms with Gasteiger partial charge >= 0.3 is 0 Å². The van der Waals surface area contributed by atoms with Crippen LogP contribution in [0.4, 0.5) is 5.82 Å². The predicted octanol–water partition coefficient (Wildman–Crippen LogP) is 4.64. The van der Waals surface area contributed by atoms with Crippen LogP contribution in [0.25, 0.3) is 0 Å². The van der Waals surface area contributed by atoms with E-state index in [1.54, 1.807) is 0 Å². The van der Waals surface area contributed by atoms with Crippen LogP contribution in [0, 0.1) is 11.8 Å². The lowest BCUT2D eigenvalue weighted by Crippen LogP contribution is -2.47. The van der Waals surface area contributed by atoms with Crippen LogP contribution in [0.15, 0.2) is 6.07 Å². The summed E-state index contributed by atoms with van der Waals surface area (Å²) in [6.45, 7) is 16.4. The monoisotopic (exact) mass is 513 g/mol. The highest BCUT2D eigenvalue weighted by Crippen LogP contribution is 2.30. The van der Waals surface area contributed by atoms with Crippen molar-refractivity contribution in [3.8, 4) is 0 Å². The summed E-state index contributed by atoms with van der Waals surface area (Å²) in [5.74, 6) is 3.55. The third kappa shape index (κ3) is 7.89. The molecular weight excluding hydrogens is 462 g/mol. The molecule has 0 aromatic carbocycles. The second kappa shape index (κ2) is 12.4. The van der Waals surface area contributed by atoms with E-state index < -0.39 is 0 Å². The van der Waals surface area contributed by atoms with Gasteiger partial charge in [0.05, 0.1) is 6.10 Å². The Morgan fingerprint density at radius 3 is 2.24 bits per heavy atom. The molecular formula is C30H51N5O2. The minimum absolute atomic E-state index is 0.0529. The number of anilines is 1. The van der Waals surface area contributed by atoms with E-state index in [1.165, 1.54) is 25.8 Å². The molecule has 0 bridgehead atoms. The van der Waals surface area contributed by atoms with E-state index in [2.05, 4.69) is 55.8 Å². The van der Waals surface area contributed by atoms with Gasteiger partial charge < -0.3 is 15.3 Å². The number of hydrogen-bond donors (Lipinski definition) is 2. The normalized spacial score (nSPS) is 27.9. The van der Waals surface area contributed by atoms with Crippen molar-refractivity contribution in [3.63, 3.8) is 0 Å². The first-order chi connectivity index (χ1) is 17.6. The molecule has 3 fully saturated rings. The summed E-state index contributed by atoms with van der Waals surface area (Å²) in [4.78, 5) is 27.5. The van der Waals surface area contributed by atoms with Crippen LogP contribution in [0.3, 0.4) is 0 Å². The number of aliphatic hydroxyl groups excluding tert-OH is 1. The molecule has 0 atom stereocenters. The molecule has 7 nitrogen and oxygen atoms in total. The standard InChI is InChI=1S/C30H51N5O2/c1-21(2)26-20-27(33-29(32-26)30(3,4)5)35-18-16-34(17-19-35)15-14-22-6-10-24(11-7-22)31-28(37)23-8-12-25(36)13-9-23/h20-25,36H,6-19H2,1-5H3,(H,31,37)/t22-,23-,24+,25-. The summed E-state index contributed by atoms with van der Waals surface area (Å²) in [7, 11) is 0. The second-order valence-electron chi connectivity index (χ2n) is 13.2. The molecule has 2 N–H and O–H groups in total. The summed E-state index contributed by atoms with van der Waals surface area (Å²) in [5, 5.41) is 13.0. The summed E-state index contributed by atoms with van der Waals surface area (Å²) < 4.78 is 0. The zero-order valence-corrected chi connectivity index (χ0v) is 24.0. The summed E-state index contributed by atoms with van der Waals surface area (Å²) in [5.41, 5.74) is 1.09. The van der Waals surface area contributed by atoms with E-state index >= 15 is 0 Å². The Morgan fingerprint density at radius 1 is 1.00 bits per heavy atom. The fourth-order valence-electron chi connectivity index (χ4n) is 6.06. The molecule has 2 saturated carbocycles. The number of rotatable bonds is 7. The van der Waals surface area contributed by atoms with Crippen molar-refractivity contribution in [1.82, 2.24) is 20.2 Å². The molecule has 4 rings (SSSR count). The van der Waals surface area contributed by atoms with Crippen molar-refractivity contribution in [3.05, 3.63) is 17.6 Å². The minimum atomic E-state index is -0.200. The average Bonchev–Trinajstić information content (AvgIpc) is 2.88. The van der Waals surface area contributed by atoms with Crippen molar-refractivity contribution in [1.29, 1.82) is 0 Å². The highest BCUT2D eigenvalue weighted by Gasteiger charge is 2.29. The van der Waals surface area contributed by atoms with Crippen molar-refractivity contribution in [2.45, 2.75) is 116 Å². The Morgan fingerprint density at radius 2 is 1.65 bits per heavy atom. The molecule has 37 heavy (non-hydrogen) atoms.